The van der Waals surface area contributed by atoms with Gasteiger partial charge in [0.25, 0.3) is 5.91 Å². The number of rotatable bonds is 7. The monoisotopic (exact) mass is 383 g/mol. The molecule has 1 saturated heterocycles. The van der Waals surface area contributed by atoms with E-state index in [2.05, 4.69) is 20.2 Å². The molecule has 1 fully saturated rings. The molecule has 1 amide bonds. The molecule has 7 heteroatoms. The van der Waals surface area contributed by atoms with E-state index in [0.29, 0.717) is 23.9 Å². The zero-order valence-electron chi connectivity index (χ0n) is 16.9. The second kappa shape index (κ2) is 9.61. The van der Waals surface area contributed by atoms with Gasteiger partial charge in [-0.2, -0.15) is 0 Å². The lowest BCUT2D eigenvalue weighted by Crippen LogP contribution is -2.39. The summed E-state index contributed by atoms with van der Waals surface area (Å²) in [5.74, 6) is 1.15. The van der Waals surface area contributed by atoms with Crippen molar-refractivity contribution in [1.29, 1.82) is 0 Å². The number of hydrogen-bond donors (Lipinski definition) is 1. The van der Waals surface area contributed by atoms with Crippen LogP contribution in [0, 0.1) is 13.8 Å². The number of aromatic nitrogens is 2. The molecule has 0 atom stereocenters. The smallest absolute Gasteiger partial charge is 0.277 e. The van der Waals surface area contributed by atoms with Crippen molar-refractivity contribution < 1.29 is 9.53 Å². The zero-order valence-corrected chi connectivity index (χ0v) is 16.9. The van der Waals surface area contributed by atoms with E-state index in [0.717, 1.165) is 50.6 Å². The molecule has 3 rings (SSSR count). The number of aryl methyl sites for hydroxylation is 2. The maximum Gasteiger partial charge on any atom is 0.277 e. The van der Waals surface area contributed by atoms with E-state index in [4.69, 9.17) is 4.74 Å². The van der Waals surface area contributed by atoms with E-state index in [1.165, 1.54) is 0 Å². The molecule has 0 saturated carbocycles. The van der Waals surface area contributed by atoms with E-state index in [-0.39, 0.29) is 5.91 Å². The SMILES string of the molecule is CCN(C(=O)c1cc(NCCN2CCOCC2)nc(C)n1)c1cccc(C)c1. The van der Waals surface area contributed by atoms with Crippen LogP contribution in [0.4, 0.5) is 11.5 Å². The highest BCUT2D eigenvalue weighted by molar-refractivity contribution is 6.05. The van der Waals surface area contributed by atoms with Crippen molar-refractivity contribution in [1.82, 2.24) is 14.9 Å². The summed E-state index contributed by atoms with van der Waals surface area (Å²) < 4.78 is 5.37. The average molecular weight is 383 g/mol. The molecule has 28 heavy (non-hydrogen) atoms. The largest absolute Gasteiger partial charge is 0.379 e. The van der Waals surface area contributed by atoms with E-state index < -0.39 is 0 Å². The Morgan fingerprint density at radius 3 is 2.71 bits per heavy atom. The second-order valence-electron chi connectivity index (χ2n) is 6.95. The number of morpholine rings is 1. The Bertz CT molecular complexity index is 805. The summed E-state index contributed by atoms with van der Waals surface area (Å²) in [5.41, 5.74) is 2.41. The van der Waals surface area contributed by atoms with E-state index >= 15 is 0 Å². The first-order chi connectivity index (χ1) is 13.6. The van der Waals surface area contributed by atoms with Gasteiger partial charge in [-0.3, -0.25) is 9.69 Å². The highest BCUT2D eigenvalue weighted by atomic mass is 16.5. The van der Waals surface area contributed by atoms with Crippen molar-refractivity contribution in [3.63, 3.8) is 0 Å². The van der Waals surface area contributed by atoms with Gasteiger partial charge in [0.15, 0.2) is 0 Å². The molecule has 0 aliphatic carbocycles. The summed E-state index contributed by atoms with van der Waals surface area (Å²) in [6, 6.07) is 9.69. The Morgan fingerprint density at radius 1 is 1.21 bits per heavy atom. The molecule has 1 aliphatic heterocycles. The van der Waals surface area contributed by atoms with Crippen molar-refractivity contribution in [2.24, 2.45) is 0 Å². The van der Waals surface area contributed by atoms with Gasteiger partial charge in [-0.05, 0) is 38.5 Å². The van der Waals surface area contributed by atoms with E-state index in [9.17, 15) is 4.79 Å². The van der Waals surface area contributed by atoms with Gasteiger partial charge in [0.05, 0.1) is 13.2 Å². The predicted octanol–water partition coefficient (Wildman–Crippen LogP) is 2.50. The molecule has 1 N–H and O–H groups in total. The predicted molar refractivity (Wildman–Crippen MR) is 111 cm³/mol. The number of nitrogens with zero attached hydrogens (tertiary/aromatic N) is 4. The summed E-state index contributed by atoms with van der Waals surface area (Å²) in [4.78, 5) is 26.0. The van der Waals surface area contributed by atoms with Gasteiger partial charge in [-0.15, -0.1) is 0 Å². The van der Waals surface area contributed by atoms with Crippen molar-refractivity contribution in [2.45, 2.75) is 20.8 Å². The molecule has 2 heterocycles. The van der Waals surface area contributed by atoms with Crippen LogP contribution >= 0.6 is 0 Å². The van der Waals surface area contributed by atoms with Crippen LogP contribution in [-0.4, -0.2) is 66.7 Å². The highest BCUT2D eigenvalue weighted by Gasteiger charge is 2.19. The minimum Gasteiger partial charge on any atom is -0.379 e. The van der Waals surface area contributed by atoms with Crippen LogP contribution in [0.3, 0.4) is 0 Å². The zero-order chi connectivity index (χ0) is 19.9. The summed E-state index contributed by atoms with van der Waals surface area (Å²) in [5, 5.41) is 3.33. The highest BCUT2D eigenvalue weighted by Crippen LogP contribution is 2.19. The van der Waals surface area contributed by atoms with Gasteiger partial charge < -0.3 is 15.0 Å². The molecular weight excluding hydrogens is 354 g/mol. The Balaban J connectivity index is 1.69. The maximum absolute atomic E-state index is 13.1. The molecule has 0 radical (unpaired) electrons. The topological polar surface area (TPSA) is 70.6 Å². The fourth-order valence-electron chi connectivity index (χ4n) is 3.31. The van der Waals surface area contributed by atoms with Crippen LogP contribution in [0.5, 0.6) is 0 Å². The minimum atomic E-state index is -0.116. The molecule has 7 nitrogen and oxygen atoms in total. The summed E-state index contributed by atoms with van der Waals surface area (Å²) in [6.45, 7) is 11.5. The van der Waals surface area contributed by atoms with Gasteiger partial charge in [0.1, 0.15) is 17.3 Å². The van der Waals surface area contributed by atoms with Crippen LogP contribution < -0.4 is 10.2 Å². The summed E-state index contributed by atoms with van der Waals surface area (Å²) in [6.07, 6.45) is 0. The van der Waals surface area contributed by atoms with Gasteiger partial charge in [-0.25, -0.2) is 9.97 Å². The molecule has 1 aromatic heterocycles. The lowest BCUT2D eigenvalue weighted by atomic mass is 10.2. The van der Waals surface area contributed by atoms with Gasteiger partial charge in [-0.1, -0.05) is 12.1 Å². The number of hydrogen-bond acceptors (Lipinski definition) is 6. The lowest BCUT2D eigenvalue weighted by molar-refractivity contribution is 0.0398. The third-order valence-electron chi connectivity index (χ3n) is 4.77. The van der Waals surface area contributed by atoms with Crippen LogP contribution in [0.1, 0.15) is 28.8 Å². The minimum absolute atomic E-state index is 0.116. The quantitative estimate of drug-likeness (QED) is 0.792. The molecule has 1 aromatic carbocycles. The Hall–Kier alpha value is -2.51. The third kappa shape index (κ3) is 5.27. The first-order valence-electron chi connectivity index (χ1n) is 9.85. The maximum atomic E-state index is 13.1. The van der Waals surface area contributed by atoms with Crippen molar-refractivity contribution in [2.75, 3.05) is 56.2 Å². The number of carbonyl (C=O) groups excluding carboxylic acids is 1. The average Bonchev–Trinajstić information content (AvgIpc) is 2.69. The molecule has 0 spiro atoms. The van der Waals surface area contributed by atoms with Crippen molar-refractivity contribution in [3.8, 4) is 0 Å². The first-order valence-corrected chi connectivity index (χ1v) is 9.85. The van der Waals surface area contributed by atoms with Crippen molar-refractivity contribution >= 4 is 17.4 Å². The molecular formula is C21H29N5O2. The Labute approximate surface area is 166 Å². The molecule has 2 aromatic rings. The normalized spacial score (nSPS) is 14.7. The van der Waals surface area contributed by atoms with Crippen LogP contribution in [-0.2, 0) is 4.74 Å². The Morgan fingerprint density at radius 2 is 2.00 bits per heavy atom. The summed E-state index contributed by atoms with van der Waals surface area (Å²) >= 11 is 0. The number of benzene rings is 1. The molecule has 0 unspecified atom stereocenters. The number of ether oxygens (including phenoxy) is 1. The van der Waals surface area contributed by atoms with Crippen LogP contribution in [0.15, 0.2) is 30.3 Å². The number of nitrogens with one attached hydrogen (secondary N) is 1. The van der Waals surface area contributed by atoms with Gasteiger partial charge in [0.2, 0.25) is 0 Å². The number of carbonyl (C=O) groups is 1. The fourth-order valence-corrected chi connectivity index (χ4v) is 3.31. The molecule has 0 bridgehead atoms. The second-order valence-corrected chi connectivity index (χ2v) is 6.95. The van der Waals surface area contributed by atoms with Gasteiger partial charge in [0, 0.05) is 44.5 Å². The standard InChI is InChI=1S/C21H29N5O2/c1-4-26(18-7-5-6-16(2)14-18)21(27)19-15-20(24-17(3)23-19)22-8-9-25-10-12-28-13-11-25/h5-7,14-15H,4,8-13H2,1-3H3,(H,22,23,24). The van der Waals surface area contributed by atoms with Crippen LogP contribution in [0.2, 0.25) is 0 Å². The number of anilines is 2. The number of amides is 1. The van der Waals surface area contributed by atoms with Crippen molar-refractivity contribution in [3.05, 3.63) is 47.4 Å². The third-order valence-corrected chi connectivity index (χ3v) is 4.77. The van der Waals surface area contributed by atoms with E-state index in [1.807, 2.05) is 45.0 Å². The molecule has 150 valence electrons. The molecule has 1 aliphatic rings. The van der Waals surface area contributed by atoms with E-state index in [1.54, 1.807) is 11.0 Å². The fraction of sp³-hybridized carbons (Fsp3) is 0.476. The van der Waals surface area contributed by atoms with Gasteiger partial charge >= 0.3 is 0 Å². The van der Waals surface area contributed by atoms with Crippen LogP contribution in [0.25, 0.3) is 0 Å². The lowest BCUT2D eigenvalue weighted by Gasteiger charge is -2.26. The first kappa shape index (κ1) is 20.2. The summed E-state index contributed by atoms with van der Waals surface area (Å²) in [7, 11) is 0. The Kier molecular flexibility index (Phi) is 6.95.